The van der Waals surface area contributed by atoms with Gasteiger partial charge in [0.15, 0.2) is 6.61 Å². The summed E-state index contributed by atoms with van der Waals surface area (Å²) >= 11 is 0. The molecule has 74 valence electrons. The molecule has 0 unspecified atom stereocenters. The van der Waals surface area contributed by atoms with Crippen LogP contribution in [0.1, 0.15) is 11.1 Å². The molecule has 0 bridgehead atoms. The van der Waals surface area contributed by atoms with E-state index in [0.717, 1.165) is 0 Å². The summed E-state index contributed by atoms with van der Waals surface area (Å²) in [4.78, 5) is 10.3. The molecule has 0 heterocycles. The standard InChI is InChI=1S/C11H7NO3/c1-2-9-5-8(6-12)3-4-10(9)15-7-11(13)14/h1,3-5H,7H2,(H,13,14). The third-order valence-electron chi connectivity index (χ3n) is 1.62. The van der Waals surface area contributed by atoms with E-state index in [1.54, 1.807) is 0 Å². The van der Waals surface area contributed by atoms with Gasteiger partial charge < -0.3 is 9.84 Å². The molecule has 0 aliphatic heterocycles. The number of carbonyl (C=O) groups is 1. The lowest BCUT2D eigenvalue weighted by Gasteiger charge is -2.05. The van der Waals surface area contributed by atoms with Gasteiger partial charge in [0, 0.05) is 0 Å². The van der Waals surface area contributed by atoms with Crippen molar-refractivity contribution in [2.75, 3.05) is 6.61 Å². The first-order valence-electron chi connectivity index (χ1n) is 4.02. The molecule has 1 rings (SSSR count). The third-order valence-corrected chi connectivity index (χ3v) is 1.62. The third kappa shape index (κ3) is 2.75. The molecule has 0 radical (unpaired) electrons. The first-order chi connectivity index (χ1) is 7.17. The highest BCUT2D eigenvalue weighted by molar-refractivity contribution is 5.68. The second-order valence-corrected chi connectivity index (χ2v) is 2.65. The van der Waals surface area contributed by atoms with E-state index in [1.807, 2.05) is 6.07 Å². The van der Waals surface area contributed by atoms with Crippen LogP contribution in [0.2, 0.25) is 0 Å². The average Bonchev–Trinajstić information content (AvgIpc) is 2.25. The zero-order valence-electron chi connectivity index (χ0n) is 7.73. The van der Waals surface area contributed by atoms with Crippen molar-refractivity contribution in [3.63, 3.8) is 0 Å². The Labute approximate surface area is 86.7 Å². The fourth-order valence-electron chi connectivity index (χ4n) is 0.978. The molecule has 0 saturated carbocycles. The van der Waals surface area contributed by atoms with Gasteiger partial charge in [-0.15, -0.1) is 6.42 Å². The molecular formula is C11H7NO3. The van der Waals surface area contributed by atoms with Crippen molar-refractivity contribution >= 4 is 5.97 Å². The van der Waals surface area contributed by atoms with Crippen molar-refractivity contribution < 1.29 is 14.6 Å². The van der Waals surface area contributed by atoms with Gasteiger partial charge in [0.25, 0.3) is 0 Å². The van der Waals surface area contributed by atoms with Crippen molar-refractivity contribution in [3.05, 3.63) is 29.3 Å². The molecule has 1 aromatic rings. The Bertz CT molecular complexity index is 466. The maximum absolute atomic E-state index is 10.3. The largest absolute Gasteiger partial charge is 0.481 e. The summed E-state index contributed by atoms with van der Waals surface area (Å²) in [5.74, 6) is 1.53. The molecule has 0 atom stereocenters. The van der Waals surface area contributed by atoms with Crippen LogP contribution >= 0.6 is 0 Å². The first kappa shape index (κ1) is 10.6. The average molecular weight is 201 g/mol. The van der Waals surface area contributed by atoms with Gasteiger partial charge in [-0.2, -0.15) is 5.26 Å². The van der Waals surface area contributed by atoms with Crippen LogP contribution in [-0.2, 0) is 4.79 Å². The number of hydrogen-bond donors (Lipinski definition) is 1. The number of aliphatic carboxylic acids is 1. The van der Waals surface area contributed by atoms with Crippen LogP contribution in [0.15, 0.2) is 18.2 Å². The molecule has 0 saturated heterocycles. The lowest BCUT2D eigenvalue weighted by atomic mass is 10.1. The second kappa shape index (κ2) is 4.69. The Morgan fingerprint density at radius 2 is 2.33 bits per heavy atom. The van der Waals surface area contributed by atoms with E-state index < -0.39 is 12.6 Å². The van der Waals surface area contributed by atoms with E-state index in [-0.39, 0.29) is 0 Å². The van der Waals surface area contributed by atoms with E-state index in [2.05, 4.69) is 5.92 Å². The smallest absolute Gasteiger partial charge is 0.341 e. The minimum absolute atomic E-state index is 0.291. The summed E-state index contributed by atoms with van der Waals surface area (Å²) < 4.78 is 4.94. The van der Waals surface area contributed by atoms with Crippen molar-refractivity contribution in [3.8, 4) is 24.2 Å². The van der Waals surface area contributed by atoms with E-state index in [0.29, 0.717) is 16.9 Å². The highest BCUT2D eigenvalue weighted by Crippen LogP contribution is 2.18. The molecule has 4 heteroatoms. The predicted octanol–water partition coefficient (Wildman–Crippen LogP) is 1.00. The predicted molar refractivity (Wildman–Crippen MR) is 52.2 cm³/mol. The Hall–Kier alpha value is -2.46. The summed E-state index contributed by atoms with van der Waals surface area (Å²) in [5, 5.41) is 17.0. The number of rotatable bonds is 3. The summed E-state index contributed by atoms with van der Waals surface area (Å²) in [6.45, 7) is -0.458. The number of carboxylic acids is 1. The minimum Gasteiger partial charge on any atom is -0.481 e. The van der Waals surface area contributed by atoms with Gasteiger partial charge in [-0.25, -0.2) is 4.79 Å². The maximum Gasteiger partial charge on any atom is 0.341 e. The van der Waals surface area contributed by atoms with Crippen LogP contribution in [0.25, 0.3) is 0 Å². The fraction of sp³-hybridized carbons (Fsp3) is 0.0909. The number of terminal acetylenes is 1. The van der Waals surface area contributed by atoms with Gasteiger partial charge in [0.2, 0.25) is 0 Å². The van der Waals surface area contributed by atoms with Gasteiger partial charge in [-0.3, -0.25) is 0 Å². The zero-order valence-corrected chi connectivity index (χ0v) is 7.73. The molecule has 0 spiro atoms. The molecule has 15 heavy (non-hydrogen) atoms. The minimum atomic E-state index is -1.08. The molecule has 1 N–H and O–H groups in total. The number of hydrogen-bond acceptors (Lipinski definition) is 3. The quantitative estimate of drug-likeness (QED) is 0.740. The van der Waals surface area contributed by atoms with Gasteiger partial charge in [0.1, 0.15) is 5.75 Å². The van der Waals surface area contributed by atoms with Crippen LogP contribution in [0.5, 0.6) is 5.75 Å². The van der Waals surface area contributed by atoms with Crippen LogP contribution < -0.4 is 4.74 Å². The number of benzene rings is 1. The Kier molecular flexibility index (Phi) is 3.32. The highest BCUT2D eigenvalue weighted by Gasteiger charge is 2.05. The SMILES string of the molecule is C#Cc1cc(C#N)ccc1OCC(=O)O. The van der Waals surface area contributed by atoms with Gasteiger partial charge in [-0.1, -0.05) is 5.92 Å². The Morgan fingerprint density at radius 3 is 2.87 bits per heavy atom. The highest BCUT2D eigenvalue weighted by atomic mass is 16.5. The van der Waals surface area contributed by atoms with Crippen LogP contribution in [-0.4, -0.2) is 17.7 Å². The molecule has 0 aromatic heterocycles. The molecule has 0 aliphatic rings. The molecular weight excluding hydrogens is 194 g/mol. The molecule has 0 fully saturated rings. The maximum atomic E-state index is 10.3. The second-order valence-electron chi connectivity index (χ2n) is 2.65. The van der Waals surface area contributed by atoms with Crippen molar-refractivity contribution in [2.45, 2.75) is 0 Å². The summed E-state index contributed by atoms with van der Waals surface area (Å²) in [5.41, 5.74) is 0.779. The molecule has 1 aromatic carbocycles. The van der Waals surface area contributed by atoms with Crippen LogP contribution in [0.4, 0.5) is 0 Å². The van der Waals surface area contributed by atoms with E-state index >= 15 is 0 Å². The molecule has 0 amide bonds. The van der Waals surface area contributed by atoms with E-state index in [1.165, 1.54) is 18.2 Å². The summed E-state index contributed by atoms with van der Waals surface area (Å²) in [6.07, 6.45) is 5.19. The normalized spacial score (nSPS) is 8.67. The van der Waals surface area contributed by atoms with Crippen LogP contribution in [0, 0.1) is 23.7 Å². The van der Waals surface area contributed by atoms with E-state index in [9.17, 15) is 4.79 Å². The van der Waals surface area contributed by atoms with E-state index in [4.69, 9.17) is 21.5 Å². The van der Waals surface area contributed by atoms with Crippen molar-refractivity contribution in [2.24, 2.45) is 0 Å². The zero-order chi connectivity index (χ0) is 11.3. The van der Waals surface area contributed by atoms with Crippen molar-refractivity contribution in [1.29, 1.82) is 5.26 Å². The molecule has 0 aliphatic carbocycles. The van der Waals surface area contributed by atoms with Crippen molar-refractivity contribution in [1.82, 2.24) is 0 Å². The first-order valence-corrected chi connectivity index (χ1v) is 4.02. The number of nitrogens with zero attached hydrogens (tertiary/aromatic N) is 1. The Balaban J connectivity index is 2.95. The van der Waals surface area contributed by atoms with Crippen LogP contribution in [0.3, 0.4) is 0 Å². The number of ether oxygens (including phenoxy) is 1. The Morgan fingerprint density at radius 1 is 1.60 bits per heavy atom. The fourth-order valence-corrected chi connectivity index (χ4v) is 0.978. The number of nitriles is 1. The summed E-state index contributed by atoms with van der Waals surface area (Å²) in [6, 6.07) is 6.39. The van der Waals surface area contributed by atoms with Gasteiger partial charge in [0.05, 0.1) is 17.2 Å². The lowest BCUT2D eigenvalue weighted by molar-refractivity contribution is -0.139. The number of carboxylic acid groups (broad SMARTS) is 1. The lowest BCUT2D eigenvalue weighted by Crippen LogP contribution is -2.10. The van der Waals surface area contributed by atoms with Gasteiger partial charge in [-0.05, 0) is 18.2 Å². The monoisotopic (exact) mass is 201 g/mol. The topological polar surface area (TPSA) is 70.3 Å². The van der Waals surface area contributed by atoms with Gasteiger partial charge >= 0.3 is 5.97 Å². The molecule has 4 nitrogen and oxygen atoms in total. The summed E-state index contributed by atoms with van der Waals surface area (Å²) in [7, 11) is 0.